The first-order chi connectivity index (χ1) is 9.25. The van der Waals surface area contributed by atoms with E-state index >= 15 is 0 Å². The van der Waals surface area contributed by atoms with Crippen LogP contribution in [0.15, 0.2) is 30.3 Å². The second kappa shape index (κ2) is 7.04. The van der Waals surface area contributed by atoms with Gasteiger partial charge in [0.15, 0.2) is 5.78 Å². The number of carbonyl (C=O) groups is 2. The highest BCUT2D eigenvalue weighted by Gasteiger charge is 2.14. The lowest BCUT2D eigenvalue weighted by molar-refractivity contribution is -0.121. The first-order valence-electron chi connectivity index (χ1n) is 6.83. The van der Waals surface area contributed by atoms with E-state index in [1.165, 1.54) is 0 Å². The summed E-state index contributed by atoms with van der Waals surface area (Å²) in [5, 5.41) is 2.85. The minimum Gasteiger partial charge on any atom is -0.355 e. The van der Waals surface area contributed by atoms with Gasteiger partial charge in [-0.05, 0) is 19.4 Å². The van der Waals surface area contributed by atoms with E-state index in [1.54, 1.807) is 0 Å². The number of carbonyl (C=O) groups excluding carboxylic acids is 2. The monoisotopic (exact) mass is 260 g/mol. The molecule has 1 aliphatic heterocycles. The van der Waals surface area contributed by atoms with Gasteiger partial charge in [0.2, 0.25) is 5.91 Å². The summed E-state index contributed by atoms with van der Waals surface area (Å²) in [5.41, 5.74) is 0.774. The Labute approximate surface area is 113 Å². The van der Waals surface area contributed by atoms with Gasteiger partial charge in [-0.2, -0.15) is 0 Å². The molecule has 0 bridgehead atoms. The van der Waals surface area contributed by atoms with Gasteiger partial charge < -0.3 is 5.32 Å². The summed E-state index contributed by atoms with van der Waals surface area (Å²) in [4.78, 5) is 25.4. The molecule has 1 amide bonds. The van der Waals surface area contributed by atoms with Crippen molar-refractivity contribution in [2.24, 2.45) is 0 Å². The summed E-state index contributed by atoms with van der Waals surface area (Å²) >= 11 is 0. The highest BCUT2D eigenvalue weighted by molar-refractivity contribution is 5.95. The number of rotatable bonds is 5. The van der Waals surface area contributed by atoms with E-state index in [-0.39, 0.29) is 11.7 Å². The van der Waals surface area contributed by atoms with Gasteiger partial charge in [0.25, 0.3) is 0 Å². The topological polar surface area (TPSA) is 49.4 Å². The fourth-order valence-electron chi connectivity index (χ4n) is 2.29. The summed E-state index contributed by atoms with van der Waals surface area (Å²) in [6, 6.07) is 9.37. The van der Waals surface area contributed by atoms with Gasteiger partial charge in [0.1, 0.15) is 0 Å². The zero-order valence-corrected chi connectivity index (χ0v) is 11.1. The Bertz CT molecular complexity index is 431. The van der Waals surface area contributed by atoms with E-state index < -0.39 is 0 Å². The molecule has 4 heteroatoms. The molecule has 0 spiro atoms. The molecule has 1 N–H and O–H groups in total. The average molecular weight is 260 g/mol. The van der Waals surface area contributed by atoms with Crippen molar-refractivity contribution in [3.05, 3.63) is 35.9 Å². The Morgan fingerprint density at radius 3 is 2.84 bits per heavy atom. The molecule has 0 atom stereocenters. The SMILES string of the molecule is O=C1CN(CCCC(=O)c2ccccc2)CCCN1. The number of hydrogen-bond donors (Lipinski definition) is 1. The highest BCUT2D eigenvalue weighted by atomic mass is 16.2. The third-order valence-corrected chi connectivity index (χ3v) is 3.31. The number of Topliss-reactive ketones (excluding diaryl/α,β-unsaturated/α-hetero) is 1. The molecule has 2 rings (SSSR count). The Kier molecular flexibility index (Phi) is 5.10. The highest BCUT2D eigenvalue weighted by Crippen LogP contribution is 2.06. The van der Waals surface area contributed by atoms with Crippen molar-refractivity contribution >= 4 is 11.7 Å². The predicted octanol–water partition coefficient (Wildman–Crippen LogP) is 1.47. The standard InChI is InChI=1S/C15H20N2O2/c18-14(13-6-2-1-3-7-13)8-4-10-17-11-5-9-16-15(19)12-17/h1-3,6-7H,4-5,8-12H2,(H,16,19). The van der Waals surface area contributed by atoms with Crippen LogP contribution >= 0.6 is 0 Å². The molecule has 1 fully saturated rings. The number of nitrogens with one attached hydrogen (secondary N) is 1. The average Bonchev–Trinajstić information content (AvgIpc) is 2.64. The maximum absolute atomic E-state index is 11.9. The summed E-state index contributed by atoms with van der Waals surface area (Å²) in [7, 11) is 0. The largest absolute Gasteiger partial charge is 0.355 e. The molecule has 4 nitrogen and oxygen atoms in total. The zero-order valence-electron chi connectivity index (χ0n) is 11.1. The van der Waals surface area contributed by atoms with Crippen LogP contribution in [-0.4, -0.2) is 42.8 Å². The molecule has 1 aromatic rings. The van der Waals surface area contributed by atoms with Gasteiger partial charge in [-0.25, -0.2) is 0 Å². The third-order valence-electron chi connectivity index (χ3n) is 3.31. The van der Waals surface area contributed by atoms with Crippen LogP contribution in [-0.2, 0) is 4.79 Å². The molecular weight excluding hydrogens is 240 g/mol. The van der Waals surface area contributed by atoms with Crippen LogP contribution in [0, 0.1) is 0 Å². The number of benzene rings is 1. The lowest BCUT2D eigenvalue weighted by atomic mass is 10.1. The van der Waals surface area contributed by atoms with E-state index in [1.807, 2.05) is 30.3 Å². The Balaban J connectivity index is 1.74. The molecule has 1 saturated heterocycles. The molecule has 1 aliphatic rings. The molecule has 19 heavy (non-hydrogen) atoms. The van der Waals surface area contributed by atoms with Crippen LogP contribution in [0.5, 0.6) is 0 Å². The van der Waals surface area contributed by atoms with Gasteiger partial charge >= 0.3 is 0 Å². The van der Waals surface area contributed by atoms with E-state index in [9.17, 15) is 9.59 Å². The quantitative estimate of drug-likeness (QED) is 0.816. The van der Waals surface area contributed by atoms with Crippen LogP contribution in [0.25, 0.3) is 0 Å². The predicted molar refractivity (Wildman–Crippen MR) is 74.1 cm³/mol. The van der Waals surface area contributed by atoms with Crippen molar-refractivity contribution in [1.29, 1.82) is 0 Å². The first kappa shape index (κ1) is 13.7. The van der Waals surface area contributed by atoms with Gasteiger partial charge in [-0.1, -0.05) is 30.3 Å². The fourth-order valence-corrected chi connectivity index (χ4v) is 2.29. The van der Waals surface area contributed by atoms with E-state index in [2.05, 4.69) is 10.2 Å². The maximum atomic E-state index is 11.9. The molecule has 0 saturated carbocycles. The van der Waals surface area contributed by atoms with E-state index in [0.717, 1.165) is 38.0 Å². The van der Waals surface area contributed by atoms with Gasteiger partial charge in [0.05, 0.1) is 6.54 Å². The van der Waals surface area contributed by atoms with E-state index in [0.29, 0.717) is 13.0 Å². The van der Waals surface area contributed by atoms with Crippen molar-refractivity contribution in [3.63, 3.8) is 0 Å². The molecule has 0 unspecified atom stereocenters. The van der Waals surface area contributed by atoms with Crippen LogP contribution in [0.3, 0.4) is 0 Å². The summed E-state index contributed by atoms with van der Waals surface area (Å²) in [6.07, 6.45) is 2.33. The molecule has 0 radical (unpaired) electrons. The third kappa shape index (κ3) is 4.48. The van der Waals surface area contributed by atoms with Crippen molar-refractivity contribution < 1.29 is 9.59 Å². The molecule has 102 valence electrons. The van der Waals surface area contributed by atoms with Crippen LogP contribution < -0.4 is 5.32 Å². The van der Waals surface area contributed by atoms with Gasteiger partial charge in [0, 0.05) is 25.1 Å². The molecular formula is C15H20N2O2. The number of ketones is 1. The fraction of sp³-hybridized carbons (Fsp3) is 0.467. The summed E-state index contributed by atoms with van der Waals surface area (Å²) in [5.74, 6) is 0.270. The first-order valence-corrected chi connectivity index (χ1v) is 6.83. The smallest absolute Gasteiger partial charge is 0.234 e. The minimum absolute atomic E-state index is 0.0897. The normalized spacial score (nSPS) is 16.7. The lowest BCUT2D eigenvalue weighted by Crippen LogP contribution is -2.33. The molecule has 1 aromatic carbocycles. The molecule has 0 aromatic heterocycles. The zero-order chi connectivity index (χ0) is 13.5. The number of amides is 1. The van der Waals surface area contributed by atoms with Crippen molar-refractivity contribution in [3.8, 4) is 0 Å². The molecule has 0 aliphatic carbocycles. The Morgan fingerprint density at radius 2 is 2.05 bits per heavy atom. The van der Waals surface area contributed by atoms with Crippen molar-refractivity contribution in [2.45, 2.75) is 19.3 Å². The Morgan fingerprint density at radius 1 is 1.26 bits per heavy atom. The minimum atomic E-state index is 0.0897. The maximum Gasteiger partial charge on any atom is 0.234 e. The second-order valence-corrected chi connectivity index (χ2v) is 4.87. The molecule has 1 heterocycles. The van der Waals surface area contributed by atoms with Gasteiger partial charge in [-0.3, -0.25) is 14.5 Å². The lowest BCUT2D eigenvalue weighted by Gasteiger charge is -2.17. The summed E-state index contributed by atoms with van der Waals surface area (Å²) in [6.45, 7) is 2.96. The van der Waals surface area contributed by atoms with Crippen LogP contribution in [0.1, 0.15) is 29.6 Å². The number of nitrogens with zero attached hydrogens (tertiary/aromatic N) is 1. The van der Waals surface area contributed by atoms with Crippen LogP contribution in [0.4, 0.5) is 0 Å². The van der Waals surface area contributed by atoms with E-state index in [4.69, 9.17) is 0 Å². The summed E-state index contributed by atoms with van der Waals surface area (Å²) < 4.78 is 0. The van der Waals surface area contributed by atoms with Gasteiger partial charge in [-0.15, -0.1) is 0 Å². The van der Waals surface area contributed by atoms with Crippen LogP contribution in [0.2, 0.25) is 0 Å². The van der Waals surface area contributed by atoms with Crippen molar-refractivity contribution in [1.82, 2.24) is 10.2 Å². The number of hydrogen-bond acceptors (Lipinski definition) is 3. The second-order valence-electron chi connectivity index (χ2n) is 4.87. The Hall–Kier alpha value is -1.68. The van der Waals surface area contributed by atoms with Crippen molar-refractivity contribution in [2.75, 3.05) is 26.2 Å².